The molecule has 0 amide bonds. The van der Waals surface area contributed by atoms with Crippen molar-refractivity contribution in [3.63, 3.8) is 0 Å². The van der Waals surface area contributed by atoms with Gasteiger partial charge in [-0.3, -0.25) is 0 Å². The van der Waals surface area contributed by atoms with E-state index in [0.717, 1.165) is 5.92 Å². The largest absolute Gasteiger partial charge is 0.316 e. The second-order valence-electron chi connectivity index (χ2n) is 7.29. The SMILES string of the molecule is CC(C)CCN1C[C@@]2(C)CNC[C@](C)(C1)C2. The zero-order valence-corrected chi connectivity index (χ0v) is 11.5. The lowest BCUT2D eigenvalue weighted by Crippen LogP contribution is -2.61. The first-order valence-electron chi connectivity index (χ1n) is 6.84. The van der Waals surface area contributed by atoms with Gasteiger partial charge in [-0.05, 0) is 36.1 Å². The predicted octanol–water partition coefficient (Wildman–Crippen LogP) is 2.35. The van der Waals surface area contributed by atoms with E-state index in [1.807, 2.05) is 0 Å². The number of rotatable bonds is 3. The summed E-state index contributed by atoms with van der Waals surface area (Å²) in [6.45, 7) is 15.9. The van der Waals surface area contributed by atoms with E-state index < -0.39 is 0 Å². The molecule has 0 saturated carbocycles. The molecule has 0 spiro atoms. The molecule has 0 aliphatic carbocycles. The van der Waals surface area contributed by atoms with Gasteiger partial charge in [-0.2, -0.15) is 0 Å². The van der Waals surface area contributed by atoms with Gasteiger partial charge in [-0.1, -0.05) is 27.7 Å². The highest BCUT2D eigenvalue weighted by Gasteiger charge is 2.45. The van der Waals surface area contributed by atoms with E-state index in [0.29, 0.717) is 10.8 Å². The molecule has 16 heavy (non-hydrogen) atoms. The molecule has 0 aromatic heterocycles. The standard InChI is InChI=1S/C14H28N2/c1-12(2)5-6-16-10-13(3)7-14(4,11-16)9-15-8-13/h12,15H,5-11H2,1-4H3/t13-,14-/m1/s1. The second kappa shape index (κ2) is 4.30. The van der Waals surface area contributed by atoms with Crippen LogP contribution in [0.25, 0.3) is 0 Å². The van der Waals surface area contributed by atoms with Crippen LogP contribution in [0.2, 0.25) is 0 Å². The number of nitrogens with zero attached hydrogens (tertiary/aromatic N) is 1. The first-order chi connectivity index (χ1) is 7.41. The van der Waals surface area contributed by atoms with Crippen LogP contribution in [0.4, 0.5) is 0 Å². The van der Waals surface area contributed by atoms with E-state index >= 15 is 0 Å². The summed E-state index contributed by atoms with van der Waals surface area (Å²) < 4.78 is 0. The molecule has 2 saturated heterocycles. The lowest BCUT2D eigenvalue weighted by atomic mass is 9.66. The molecule has 1 N–H and O–H groups in total. The third-order valence-electron chi connectivity index (χ3n) is 4.19. The molecule has 0 aromatic carbocycles. The molecule has 0 aromatic rings. The minimum atomic E-state index is 0.516. The van der Waals surface area contributed by atoms with E-state index in [1.165, 1.54) is 45.6 Å². The number of nitrogens with one attached hydrogen (secondary N) is 1. The average molecular weight is 224 g/mol. The summed E-state index contributed by atoms with van der Waals surface area (Å²) in [4.78, 5) is 2.71. The lowest BCUT2D eigenvalue weighted by Gasteiger charge is -2.54. The van der Waals surface area contributed by atoms with E-state index in [2.05, 4.69) is 37.9 Å². The Bertz CT molecular complexity index is 233. The molecule has 2 aliphatic heterocycles. The maximum atomic E-state index is 3.63. The fraction of sp³-hybridized carbons (Fsp3) is 1.00. The quantitative estimate of drug-likeness (QED) is 0.791. The molecule has 2 heterocycles. The van der Waals surface area contributed by atoms with Gasteiger partial charge in [0.2, 0.25) is 0 Å². The van der Waals surface area contributed by atoms with Gasteiger partial charge in [-0.25, -0.2) is 0 Å². The van der Waals surface area contributed by atoms with Crippen molar-refractivity contribution in [2.24, 2.45) is 16.7 Å². The molecule has 2 nitrogen and oxygen atoms in total. The fourth-order valence-corrected chi connectivity index (χ4v) is 3.78. The summed E-state index contributed by atoms with van der Waals surface area (Å²) in [5.41, 5.74) is 1.03. The predicted molar refractivity (Wildman–Crippen MR) is 69.6 cm³/mol. The van der Waals surface area contributed by atoms with Crippen molar-refractivity contribution in [1.82, 2.24) is 10.2 Å². The number of hydrogen-bond donors (Lipinski definition) is 1. The topological polar surface area (TPSA) is 15.3 Å². The van der Waals surface area contributed by atoms with Crippen LogP contribution < -0.4 is 5.32 Å². The summed E-state index contributed by atoms with van der Waals surface area (Å²) in [6.07, 6.45) is 2.75. The molecule has 2 bridgehead atoms. The normalized spacial score (nSPS) is 40.3. The van der Waals surface area contributed by atoms with Crippen molar-refractivity contribution < 1.29 is 0 Å². The Hall–Kier alpha value is -0.0800. The van der Waals surface area contributed by atoms with Crippen molar-refractivity contribution in [3.05, 3.63) is 0 Å². The monoisotopic (exact) mass is 224 g/mol. The van der Waals surface area contributed by atoms with Gasteiger partial charge in [0.05, 0.1) is 0 Å². The maximum absolute atomic E-state index is 3.63. The summed E-state index contributed by atoms with van der Waals surface area (Å²) in [7, 11) is 0. The number of piperidine rings is 2. The van der Waals surface area contributed by atoms with Gasteiger partial charge in [-0.15, -0.1) is 0 Å². The Morgan fingerprint density at radius 3 is 2.19 bits per heavy atom. The van der Waals surface area contributed by atoms with Crippen LogP contribution in [-0.4, -0.2) is 37.6 Å². The zero-order valence-electron chi connectivity index (χ0n) is 11.5. The van der Waals surface area contributed by atoms with Crippen molar-refractivity contribution in [1.29, 1.82) is 0 Å². The minimum Gasteiger partial charge on any atom is -0.316 e. The average Bonchev–Trinajstić information content (AvgIpc) is 2.11. The Labute approximate surface area is 101 Å². The molecule has 2 aliphatic rings. The Balaban J connectivity index is 1.97. The van der Waals surface area contributed by atoms with Gasteiger partial charge < -0.3 is 10.2 Å². The third kappa shape index (κ3) is 2.78. The Morgan fingerprint density at radius 2 is 1.69 bits per heavy atom. The zero-order chi connectivity index (χ0) is 11.8. The van der Waals surface area contributed by atoms with Gasteiger partial charge >= 0.3 is 0 Å². The van der Waals surface area contributed by atoms with Crippen LogP contribution in [0.15, 0.2) is 0 Å². The van der Waals surface area contributed by atoms with Crippen LogP contribution in [0.3, 0.4) is 0 Å². The van der Waals surface area contributed by atoms with Crippen LogP contribution in [0, 0.1) is 16.7 Å². The van der Waals surface area contributed by atoms with E-state index in [9.17, 15) is 0 Å². The van der Waals surface area contributed by atoms with Crippen LogP contribution in [-0.2, 0) is 0 Å². The van der Waals surface area contributed by atoms with Gasteiger partial charge in [0, 0.05) is 26.2 Å². The smallest absolute Gasteiger partial charge is 0.00479 e. The molecule has 94 valence electrons. The summed E-state index contributed by atoms with van der Waals surface area (Å²) in [5, 5.41) is 3.63. The molecular formula is C14H28N2. The fourth-order valence-electron chi connectivity index (χ4n) is 3.78. The highest BCUT2D eigenvalue weighted by atomic mass is 15.2. The highest BCUT2D eigenvalue weighted by Crippen LogP contribution is 2.42. The van der Waals surface area contributed by atoms with Gasteiger partial charge in [0.15, 0.2) is 0 Å². The summed E-state index contributed by atoms with van der Waals surface area (Å²) in [6, 6.07) is 0. The van der Waals surface area contributed by atoms with Gasteiger partial charge in [0.1, 0.15) is 0 Å². The van der Waals surface area contributed by atoms with Crippen LogP contribution in [0.5, 0.6) is 0 Å². The lowest BCUT2D eigenvalue weighted by molar-refractivity contribution is -0.0213. The number of fused-ring (bicyclic) bond motifs is 2. The molecule has 0 radical (unpaired) electrons. The maximum Gasteiger partial charge on any atom is 0.00479 e. The van der Waals surface area contributed by atoms with E-state index in [1.54, 1.807) is 0 Å². The van der Waals surface area contributed by atoms with Crippen molar-refractivity contribution in [2.75, 3.05) is 32.7 Å². The van der Waals surface area contributed by atoms with Crippen LogP contribution >= 0.6 is 0 Å². The summed E-state index contributed by atoms with van der Waals surface area (Å²) >= 11 is 0. The highest BCUT2D eigenvalue weighted by molar-refractivity contribution is 4.99. The van der Waals surface area contributed by atoms with E-state index in [-0.39, 0.29) is 0 Å². The molecule has 2 heteroatoms. The van der Waals surface area contributed by atoms with E-state index in [4.69, 9.17) is 0 Å². The summed E-state index contributed by atoms with van der Waals surface area (Å²) in [5.74, 6) is 0.834. The molecule has 2 atom stereocenters. The first kappa shape index (κ1) is 12.4. The third-order valence-corrected chi connectivity index (χ3v) is 4.19. The molecular weight excluding hydrogens is 196 g/mol. The second-order valence-corrected chi connectivity index (χ2v) is 7.29. The molecule has 0 unspecified atom stereocenters. The Morgan fingerprint density at radius 1 is 1.12 bits per heavy atom. The number of hydrogen-bond acceptors (Lipinski definition) is 2. The van der Waals surface area contributed by atoms with Crippen molar-refractivity contribution in [3.8, 4) is 0 Å². The molecule has 2 rings (SSSR count). The van der Waals surface area contributed by atoms with Crippen molar-refractivity contribution in [2.45, 2.75) is 40.5 Å². The van der Waals surface area contributed by atoms with Gasteiger partial charge in [0.25, 0.3) is 0 Å². The van der Waals surface area contributed by atoms with Crippen LogP contribution in [0.1, 0.15) is 40.5 Å². The number of likely N-dealkylation sites (tertiary alicyclic amines) is 1. The molecule has 2 fully saturated rings. The first-order valence-corrected chi connectivity index (χ1v) is 6.84. The minimum absolute atomic E-state index is 0.516. The van der Waals surface area contributed by atoms with Crippen molar-refractivity contribution >= 4 is 0 Å². The Kier molecular flexibility index (Phi) is 3.33.